The first-order valence-electron chi connectivity index (χ1n) is 5.37. The lowest BCUT2D eigenvalue weighted by atomic mass is 10.1. The first kappa shape index (κ1) is 12.8. The topological polar surface area (TPSA) is 44.5 Å². The molecule has 1 aromatic carbocycles. The highest BCUT2D eigenvalue weighted by atomic mass is 19.1. The Labute approximate surface area is 95.4 Å². The fourth-order valence-electron chi connectivity index (χ4n) is 1.39. The molecule has 0 amide bonds. The Morgan fingerprint density at radius 2 is 2.12 bits per heavy atom. The minimum atomic E-state index is -0.370. The van der Waals surface area contributed by atoms with Crippen molar-refractivity contribution in [3.63, 3.8) is 0 Å². The van der Waals surface area contributed by atoms with Gasteiger partial charge in [0.05, 0.1) is 20.4 Å². The molecule has 0 aliphatic heterocycles. The van der Waals surface area contributed by atoms with Crippen LogP contribution in [0.5, 0.6) is 11.5 Å². The van der Waals surface area contributed by atoms with Gasteiger partial charge in [0.1, 0.15) is 0 Å². The number of hydrogen-bond donors (Lipinski definition) is 1. The fourth-order valence-corrected chi connectivity index (χ4v) is 1.39. The van der Waals surface area contributed by atoms with Crippen molar-refractivity contribution in [3.05, 3.63) is 23.8 Å². The molecule has 0 fully saturated rings. The van der Waals surface area contributed by atoms with Crippen LogP contribution in [0.3, 0.4) is 0 Å². The van der Waals surface area contributed by atoms with E-state index in [4.69, 9.17) is 15.2 Å². The molecule has 90 valence electrons. The van der Waals surface area contributed by atoms with Crippen molar-refractivity contribution in [2.45, 2.75) is 12.8 Å². The molecule has 1 aromatic rings. The van der Waals surface area contributed by atoms with Crippen molar-refractivity contribution in [3.8, 4) is 11.5 Å². The zero-order chi connectivity index (χ0) is 11.8. The van der Waals surface area contributed by atoms with Crippen LogP contribution in [0.4, 0.5) is 4.39 Å². The third-order valence-corrected chi connectivity index (χ3v) is 2.20. The zero-order valence-corrected chi connectivity index (χ0v) is 9.54. The Bertz CT molecular complexity index is 318. The van der Waals surface area contributed by atoms with E-state index in [-0.39, 0.29) is 6.67 Å². The summed E-state index contributed by atoms with van der Waals surface area (Å²) in [6.07, 6.45) is 1.19. The van der Waals surface area contributed by atoms with E-state index < -0.39 is 0 Å². The maximum absolute atomic E-state index is 12.0. The van der Waals surface area contributed by atoms with Crippen LogP contribution in [0.1, 0.15) is 12.0 Å². The number of methoxy groups -OCH3 is 1. The summed E-state index contributed by atoms with van der Waals surface area (Å²) in [6.45, 7) is 0.583. The lowest BCUT2D eigenvalue weighted by Gasteiger charge is -2.11. The molecule has 4 heteroatoms. The summed E-state index contributed by atoms with van der Waals surface area (Å²) in [5.74, 6) is 1.32. The van der Waals surface area contributed by atoms with E-state index in [0.717, 1.165) is 12.0 Å². The zero-order valence-electron chi connectivity index (χ0n) is 9.54. The average molecular weight is 227 g/mol. The molecule has 0 atom stereocenters. The molecule has 0 saturated carbocycles. The van der Waals surface area contributed by atoms with Crippen LogP contribution in [0.15, 0.2) is 18.2 Å². The number of nitrogens with two attached hydrogens (primary N) is 1. The van der Waals surface area contributed by atoms with Crippen LogP contribution in [0.2, 0.25) is 0 Å². The maximum Gasteiger partial charge on any atom is 0.161 e. The van der Waals surface area contributed by atoms with Crippen molar-refractivity contribution in [1.29, 1.82) is 0 Å². The van der Waals surface area contributed by atoms with Crippen LogP contribution < -0.4 is 15.2 Å². The van der Waals surface area contributed by atoms with Gasteiger partial charge in [-0.3, -0.25) is 4.39 Å². The summed E-state index contributed by atoms with van der Waals surface area (Å²) >= 11 is 0. The molecule has 0 aliphatic carbocycles. The molecule has 0 aromatic heterocycles. The van der Waals surface area contributed by atoms with Gasteiger partial charge in [0.2, 0.25) is 0 Å². The highest BCUT2D eigenvalue weighted by molar-refractivity contribution is 5.43. The van der Waals surface area contributed by atoms with E-state index in [0.29, 0.717) is 31.1 Å². The Balaban J connectivity index is 2.72. The third-order valence-electron chi connectivity index (χ3n) is 2.20. The molecule has 0 spiro atoms. The van der Waals surface area contributed by atoms with Crippen LogP contribution in [-0.4, -0.2) is 26.9 Å². The summed E-state index contributed by atoms with van der Waals surface area (Å²) in [5, 5.41) is 0. The molecule has 0 aliphatic rings. The van der Waals surface area contributed by atoms with Gasteiger partial charge in [-0.15, -0.1) is 0 Å². The van der Waals surface area contributed by atoms with Crippen molar-refractivity contribution < 1.29 is 13.9 Å². The van der Waals surface area contributed by atoms with Crippen molar-refractivity contribution >= 4 is 0 Å². The Kier molecular flexibility index (Phi) is 5.64. The predicted molar refractivity (Wildman–Crippen MR) is 61.8 cm³/mol. The molecular formula is C12H18FNO2. The Morgan fingerprint density at radius 1 is 1.31 bits per heavy atom. The number of benzene rings is 1. The molecule has 0 saturated heterocycles. The predicted octanol–water partition coefficient (Wildman–Crippen LogP) is 1.93. The van der Waals surface area contributed by atoms with Gasteiger partial charge in [-0.05, 0) is 30.7 Å². The summed E-state index contributed by atoms with van der Waals surface area (Å²) in [6, 6.07) is 5.69. The summed E-state index contributed by atoms with van der Waals surface area (Å²) in [7, 11) is 1.58. The van der Waals surface area contributed by atoms with Crippen LogP contribution in [-0.2, 0) is 6.42 Å². The number of hydrogen-bond acceptors (Lipinski definition) is 3. The highest BCUT2D eigenvalue weighted by Gasteiger charge is 2.05. The van der Waals surface area contributed by atoms with Crippen molar-refractivity contribution in [2.24, 2.45) is 5.73 Å². The summed E-state index contributed by atoms with van der Waals surface area (Å²) in [5.41, 5.74) is 6.58. The average Bonchev–Trinajstić information content (AvgIpc) is 2.30. The van der Waals surface area contributed by atoms with Gasteiger partial charge < -0.3 is 15.2 Å². The van der Waals surface area contributed by atoms with Gasteiger partial charge >= 0.3 is 0 Å². The van der Waals surface area contributed by atoms with E-state index in [1.807, 2.05) is 18.2 Å². The molecule has 0 radical (unpaired) electrons. The van der Waals surface area contributed by atoms with Crippen molar-refractivity contribution in [2.75, 3.05) is 26.9 Å². The van der Waals surface area contributed by atoms with E-state index in [9.17, 15) is 4.39 Å². The van der Waals surface area contributed by atoms with Gasteiger partial charge in [0.15, 0.2) is 11.5 Å². The largest absolute Gasteiger partial charge is 0.493 e. The molecule has 0 unspecified atom stereocenters. The van der Waals surface area contributed by atoms with Gasteiger partial charge in [-0.2, -0.15) is 0 Å². The second kappa shape index (κ2) is 7.06. The Hall–Kier alpha value is -1.29. The molecule has 0 bridgehead atoms. The molecule has 0 heterocycles. The molecule has 1 rings (SSSR count). The normalized spacial score (nSPS) is 10.2. The standard InChI is InChI=1S/C12H18FNO2/c1-15-11-4-3-10(5-7-14)9-12(11)16-8-2-6-13/h3-4,9H,2,5-8,14H2,1H3. The number of halogens is 1. The molecule has 3 nitrogen and oxygen atoms in total. The van der Waals surface area contributed by atoms with E-state index in [2.05, 4.69) is 0 Å². The minimum absolute atomic E-state index is 0.360. The first-order valence-corrected chi connectivity index (χ1v) is 5.37. The third kappa shape index (κ3) is 3.70. The van der Waals surface area contributed by atoms with Crippen molar-refractivity contribution in [1.82, 2.24) is 0 Å². The van der Waals surface area contributed by atoms with Crippen LogP contribution in [0.25, 0.3) is 0 Å². The lowest BCUT2D eigenvalue weighted by Crippen LogP contribution is -2.04. The number of ether oxygens (including phenoxy) is 2. The smallest absolute Gasteiger partial charge is 0.161 e. The quantitative estimate of drug-likeness (QED) is 0.724. The number of rotatable bonds is 7. The van der Waals surface area contributed by atoms with E-state index in [1.54, 1.807) is 7.11 Å². The molecule has 2 N–H and O–H groups in total. The minimum Gasteiger partial charge on any atom is -0.493 e. The summed E-state index contributed by atoms with van der Waals surface area (Å²) in [4.78, 5) is 0. The monoisotopic (exact) mass is 227 g/mol. The van der Waals surface area contributed by atoms with Gasteiger partial charge in [0.25, 0.3) is 0 Å². The second-order valence-corrected chi connectivity index (χ2v) is 3.41. The SMILES string of the molecule is COc1ccc(CCN)cc1OCCCF. The summed E-state index contributed by atoms with van der Waals surface area (Å²) < 4.78 is 22.6. The fraction of sp³-hybridized carbons (Fsp3) is 0.500. The van der Waals surface area contributed by atoms with Gasteiger partial charge in [-0.25, -0.2) is 0 Å². The maximum atomic E-state index is 12.0. The van der Waals surface area contributed by atoms with Gasteiger partial charge in [0, 0.05) is 6.42 Å². The first-order chi connectivity index (χ1) is 7.81. The second-order valence-electron chi connectivity index (χ2n) is 3.41. The van der Waals surface area contributed by atoms with E-state index >= 15 is 0 Å². The number of alkyl halides is 1. The van der Waals surface area contributed by atoms with E-state index in [1.165, 1.54) is 0 Å². The lowest BCUT2D eigenvalue weighted by molar-refractivity contribution is 0.273. The Morgan fingerprint density at radius 3 is 2.75 bits per heavy atom. The van der Waals surface area contributed by atoms with Gasteiger partial charge in [-0.1, -0.05) is 6.07 Å². The van der Waals surface area contributed by atoms with Crippen LogP contribution in [0, 0.1) is 0 Å². The molecular weight excluding hydrogens is 209 g/mol. The highest BCUT2D eigenvalue weighted by Crippen LogP contribution is 2.28. The molecule has 16 heavy (non-hydrogen) atoms. The van der Waals surface area contributed by atoms with Crippen LogP contribution >= 0.6 is 0 Å².